The van der Waals surface area contributed by atoms with Gasteiger partial charge in [0.1, 0.15) is 11.6 Å². The van der Waals surface area contributed by atoms with Gasteiger partial charge in [0.05, 0.1) is 12.1 Å². The number of benzene rings is 1. The maximum Gasteiger partial charge on any atom is 0.133 e. The summed E-state index contributed by atoms with van der Waals surface area (Å²) in [5, 5.41) is 0.588. The van der Waals surface area contributed by atoms with E-state index < -0.39 is 0 Å². The van der Waals surface area contributed by atoms with Gasteiger partial charge in [0.25, 0.3) is 0 Å². The van der Waals surface area contributed by atoms with Crippen LogP contribution in [0.25, 0.3) is 0 Å². The second-order valence-corrected chi connectivity index (χ2v) is 4.51. The summed E-state index contributed by atoms with van der Waals surface area (Å²) in [6.45, 7) is 0.389. The van der Waals surface area contributed by atoms with Gasteiger partial charge < -0.3 is 15.4 Å². The van der Waals surface area contributed by atoms with E-state index in [-0.39, 0.29) is 0 Å². The number of hydrogen-bond donors (Lipinski definition) is 1. The van der Waals surface area contributed by atoms with Crippen LogP contribution in [0.4, 0.5) is 11.5 Å². The van der Waals surface area contributed by atoms with Crippen molar-refractivity contribution in [1.29, 1.82) is 0 Å². The number of ether oxygens (including phenoxy) is 1. The fraction of sp³-hybridized carbons (Fsp3) is 0.214. The van der Waals surface area contributed by atoms with Crippen LogP contribution in [0.3, 0.4) is 0 Å². The van der Waals surface area contributed by atoms with Crippen LogP contribution in [-0.2, 0) is 6.54 Å². The molecule has 0 saturated heterocycles. The molecule has 4 nitrogen and oxygen atoms in total. The number of halogens is 1. The molecule has 2 N–H and O–H groups in total. The van der Waals surface area contributed by atoms with Crippen molar-refractivity contribution < 1.29 is 4.74 Å². The van der Waals surface area contributed by atoms with Gasteiger partial charge in [0.2, 0.25) is 0 Å². The highest BCUT2D eigenvalue weighted by atomic mass is 35.5. The van der Waals surface area contributed by atoms with Crippen LogP contribution in [0.1, 0.15) is 5.56 Å². The fourth-order valence-electron chi connectivity index (χ4n) is 1.76. The smallest absolute Gasteiger partial charge is 0.133 e. The molecule has 0 fully saturated rings. The van der Waals surface area contributed by atoms with Crippen molar-refractivity contribution in [3.05, 3.63) is 47.1 Å². The van der Waals surface area contributed by atoms with Crippen molar-refractivity contribution in [2.24, 2.45) is 5.73 Å². The lowest BCUT2D eigenvalue weighted by Crippen LogP contribution is -2.12. The second kappa shape index (κ2) is 5.91. The number of hydrogen-bond acceptors (Lipinski definition) is 4. The van der Waals surface area contributed by atoms with Crippen molar-refractivity contribution in [3.8, 4) is 5.75 Å². The molecule has 19 heavy (non-hydrogen) atoms. The molecule has 1 aromatic carbocycles. The Morgan fingerprint density at radius 2 is 2.16 bits per heavy atom. The van der Waals surface area contributed by atoms with Crippen LogP contribution in [-0.4, -0.2) is 19.1 Å². The standard InChI is InChI=1S/C14H16ClN3O/c1-18(11-4-3-5-12(7-11)19-2)14-6-10(8-16)13(15)9-17-14/h3-7,9H,8,16H2,1-2H3. The summed E-state index contributed by atoms with van der Waals surface area (Å²) >= 11 is 6.01. The minimum Gasteiger partial charge on any atom is -0.497 e. The number of nitrogens with zero attached hydrogens (tertiary/aromatic N) is 2. The maximum atomic E-state index is 6.01. The molecule has 0 amide bonds. The van der Waals surface area contributed by atoms with E-state index in [4.69, 9.17) is 22.1 Å². The Labute approximate surface area is 117 Å². The van der Waals surface area contributed by atoms with Crippen molar-refractivity contribution in [2.75, 3.05) is 19.1 Å². The second-order valence-electron chi connectivity index (χ2n) is 4.10. The number of anilines is 2. The molecule has 0 bridgehead atoms. The van der Waals surface area contributed by atoms with Crippen molar-refractivity contribution >= 4 is 23.1 Å². The predicted molar refractivity (Wildman–Crippen MR) is 78.2 cm³/mol. The molecule has 2 aromatic rings. The summed E-state index contributed by atoms with van der Waals surface area (Å²) < 4.78 is 5.22. The molecular formula is C14H16ClN3O. The van der Waals surface area contributed by atoms with Gasteiger partial charge >= 0.3 is 0 Å². The highest BCUT2D eigenvalue weighted by Gasteiger charge is 2.09. The van der Waals surface area contributed by atoms with E-state index in [1.807, 2.05) is 42.3 Å². The first-order chi connectivity index (χ1) is 9.15. The minimum atomic E-state index is 0.389. The lowest BCUT2D eigenvalue weighted by molar-refractivity contribution is 0.415. The molecule has 2 rings (SSSR count). The van der Waals surface area contributed by atoms with E-state index in [0.717, 1.165) is 22.8 Å². The number of pyridine rings is 1. The van der Waals surface area contributed by atoms with Crippen LogP contribution >= 0.6 is 11.6 Å². The molecule has 5 heteroatoms. The zero-order valence-electron chi connectivity index (χ0n) is 10.9. The van der Waals surface area contributed by atoms with Crippen LogP contribution < -0.4 is 15.4 Å². The van der Waals surface area contributed by atoms with Crippen LogP contribution in [0.5, 0.6) is 5.75 Å². The normalized spacial score (nSPS) is 10.3. The first kappa shape index (κ1) is 13.6. The first-order valence-electron chi connectivity index (χ1n) is 5.88. The van der Waals surface area contributed by atoms with E-state index >= 15 is 0 Å². The summed E-state index contributed by atoms with van der Waals surface area (Å²) in [6.07, 6.45) is 1.62. The zero-order valence-corrected chi connectivity index (χ0v) is 11.7. The van der Waals surface area contributed by atoms with Crippen LogP contribution in [0.2, 0.25) is 5.02 Å². The monoisotopic (exact) mass is 277 g/mol. The van der Waals surface area contributed by atoms with Gasteiger partial charge in [0, 0.05) is 31.5 Å². The number of rotatable bonds is 4. The number of methoxy groups -OCH3 is 1. The molecule has 100 valence electrons. The number of aromatic nitrogens is 1. The Bertz CT molecular complexity index is 574. The minimum absolute atomic E-state index is 0.389. The van der Waals surface area contributed by atoms with E-state index in [2.05, 4.69) is 4.98 Å². The zero-order chi connectivity index (χ0) is 13.8. The molecular weight excluding hydrogens is 262 g/mol. The van der Waals surface area contributed by atoms with Crippen molar-refractivity contribution in [3.63, 3.8) is 0 Å². The van der Waals surface area contributed by atoms with Crippen molar-refractivity contribution in [1.82, 2.24) is 4.98 Å². The van der Waals surface area contributed by atoms with E-state index in [1.165, 1.54) is 0 Å². The summed E-state index contributed by atoms with van der Waals surface area (Å²) in [4.78, 5) is 6.27. The molecule has 0 spiro atoms. The predicted octanol–water partition coefficient (Wildman–Crippen LogP) is 2.97. The topological polar surface area (TPSA) is 51.4 Å². The van der Waals surface area contributed by atoms with E-state index in [1.54, 1.807) is 13.3 Å². The summed E-state index contributed by atoms with van der Waals surface area (Å²) in [5.41, 5.74) is 7.51. The lowest BCUT2D eigenvalue weighted by atomic mass is 10.2. The highest BCUT2D eigenvalue weighted by Crippen LogP contribution is 2.27. The highest BCUT2D eigenvalue weighted by molar-refractivity contribution is 6.31. The summed E-state index contributed by atoms with van der Waals surface area (Å²) in [6, 6.07) is 9.66. The third kappa shape index (κ3) is 2.97. The van der Waals surface area contributed by atoms with Gasteiger partial charge in [-0.05, 0) is 23.8 Å². The molecule has 1 aromatic heterocycles. The van der Waals surface area contributed by atoms with Gasteiger partial charge in [-0.3, -0.25) is 0 Å². The number of nitrogens with two attached hydrogens (primary N) is 1. The Balaban J connectivity index is 2.35. The van der Waals surface area contributed by atoms with Gasteiger partial charge in [-0.15, -0.1) is 0 Å². The molecule has 0 atom stereocenters. The first-order valence-corrected chi connectivity index (χ1v) is 6.25. The third-order valence-corrected chi connectivity index (χ3v) is 3.26. The fourth-order valence-corrected chi connectivity index (χ4v) is 1.94. The molecule has 0 unspecified atom stereocenters. The quantitative estimate of drug-likeness (QED) is 0.933. The molecule has 1 heterocycles. The van der Waals surface area contributed by atoms with Crippen molar-refractivity contribution in [2.45, 2.75) is 6.54 Å². The Kier molecular flexibility index (Phi) is 4.24. The van der Waals surface area contributed by atoms with E-state index in [0.29, 0.717) is 11.6 Å². The molecule has 0 radical (unpaired) electrons. The van der Waals surface area contributed by atoms with E-state index in [9.17, 15) is 0 Å². The third-order valence-electron chi connectivity index (χ3n) is 2.92. The van der Waals surface area contributed by atoms with Gasteiger partial charge in [-0.1, -0.05) is 17.7 Å². The Morgan fingerprint density at radius 1 is 1.37 bits per heavy atom. The van der Waals surface area contributed by atoms with Crippen LogP contribution in [0, 0.1) is 0 Å². The average molecular weight is 278 g/mol. The van der Waals surface area contributed by atoms with Gasteiger partial charge in [-0.25, -0.2) is 4.98 Å². The summed E-state index contributed by atoms with van der Waals surface area (Å²) in [5.74, 6) is 1.59. The Hall–Kier alpha value is -1.78. The largest absolute Gasteiger partial charge is 0.497 e. The Morgan fingerprint density at radius 3 is 2.84 bits per heavy atom. The lowest BCUT2D eigenvalue weighted by Gasteiger charge is -2.19. The maximum absolute atomic E-state index is 6.01. The van der Waals surface area contributed by atoms with Gasteiger partial charge in [-0.2, -0.15) is 0 Å². The molecule has 0 aliphatic carbocycles. The average Bonchev–Trinajstić information content (AvgIpc) is 2.47. The van der Waals surface area contributed by atoms with Crippen LogP contribution in [0.15, 0.2) is 36.5 Å². The molecule has 0 aliphatic heterocycles. The molecule has 0 aliphatic rings. The molecule has 0 saturated carbocycles. The van der Waals surface area contributed by atoms with Gasteiger partial charge in [0.15, 0.2) is 0 Å². The summed E-state index contributed by atoms with van der Waals surface area (Å²) in [7, 11) is 3.58. The SMILES string of the molecule is COc1cccc(N(C)c2cc(CN)c(Cl)cn2)c1.